The molecule has 3 rings (SSSR count). The van der Waals surface area contributed by atoms with E-state index in [0.29, 0.717) is 12.3 Å². The number of fused-ring (bicyclic) bond motifs is 2. The molecule has 3 fully saturated rings. The summed E-state index contributed by atoms with van der Waals surface area (Å²) in [7, 11) is 1.90. The number of hydrogen-bond donors (Lipinski definition) is 0. The fourth-order valence-electron chi connectivity index (χ4n) is 4.76. The SMILES string of the molecule is COB(C1CC2CC(C1C)C2(C)C)C(C)(C)C. The van der Waals surface area contributed by atoms with Crippen LogP contribution < -0.4 is 0 Å². The maximum absolute atomic E-state index is 5.86. The van der Waals surface area contributed by atoms with E-state index in [0.717, 1.165) is 23.6 Å². The molecule has 0 aromatic rings. The van der Waals surface area contributed by atoms with Crippen molar-refractivity contribution >= 4 is 6.92 Å². The van der Waals surface area contributed by atoms with Gasteiger partial charge in [-0.15, -0.1) is 0 Å². The van der Waals surface area contributed by atoms with E-state index in [9.17, 15) is 0 Å². The summed E-state index contributed by atoms with van der Waals surface area (Å²) in [6.45, 7) is 14.8. The van der Waals surface area contributed by atoms with Crippen LogP contribution in [0.4, 0.5) is 0 Å². The van der Waals surface area contributed by atoms with E-state index in [-0.39, 0.29) is 5.31 Å². The minimum Gasteiger partial charge on any atom is -0.438 e. The molecule has 2 bridgehead atoms. The summed E-state index contributed by atoms with van der Waals surface area (Å²) >= 11 is 0. The van der Waals surface area contributed by atoms with E-state index in [2.05, 4.69) is 41.5 Å². The summed E-state index contributed by atoms with van der Waals surface area (Å²) in [5, 5.41) is 0.265. The van der Waals surface area contributed by atoms with E-state index in [1.807, 2.05) is 7.11 Å². The lowest BCUT2D eigenvalue weighted by Crippen LogP contribution is -2.57. The quantitative estimate of drug-likeness (QED) is 0.641. The molecular weight excluding hydrogens is 207 g/mol. The van der Waals surface area contributed by atoms with Crippen LogP contribution in [0.1, 0.15) is 54.4 Å². The van der Waals surface area contributed by atoms with Crippen LogP contribution in [0.3, 0.4) is 0 Å². The first-order valence-corrected chi connectivity index (χ1v) is 7.22. The Bertz CT molecular complexity index is 292. The highest BCUT2D eigenvalue weighted by Gasteiger charge is 2.59. The zero-order valence-electron chi connectivity index (χ0n) is 12.7. The summed E-state index contributed by atoms with van der Waals surface area (Å²) in [4.78, 5) is 0. The Balaban J connectivity index is 2.15. The largest absolute Gasteiger partial charge is 0.438 e. The van der Waals surface area contributed by atoms with Crippen molar-refractivity contribution in [3.05, 3.63) is 0 Å². The normalized spacial score (nSPS) is 39.7. The first-order valence-electron chi connectivity index (χ1n) is 7.22. The zero-order valence-corrected chi connectivity index (χ0v) is 12.7. The smallest absolute Gasteiger partial charge is 0.301 e. The average Bonchev–Trinajstić information content (AvgIpc) is 2.18. The fourth-order valence-corrected chi connectivity index (χ4v) is 4.76. The van der Waals surface area contributed by atoms with E-state index < -0.39 is 0 Å². The molecule has 0 amide bonds. The summed E-state index contributed by atoms with van der Waals surface area (Å²) in [5.74, 6) is 3.44. The van der Waals surface area contributed by atoms with Crippen LogP contribution in [-0.4, -0.2) is 14.0 Å². The van der Waals surface area contributed by atoms with Crippen molar-refractivity contribution in [3.8, 4) is 0 Å². The molecule has 0 aliphatic heterocycles. The molecule has 0 aromatic heterocycles. The van der Waals surface area contributed by atoms with Gasteiger partial charge in [0.2, 0.25) is 0 Å². The highest BCUT2D eigenvalue weighted by Crippen LogP contribution is 2.66. The van der Waals surface area contributed by atoms with E-state index in [1.165, 1.54) is 12.8 Å². The third-order valence-corrected chi connectivity index (χ3v) is 5.91. The Morgan fingerprint density at radius 2 is 1.76 bits per heavy atom. The third-order valence-electron chi connectivity index (χ3n) is 5.91. The van der Waals surface area contributed by atoms with Crippen molar-refractivity contribution < 1.29 is 4.65 Å². The Hall–Kier alpha value is 0.0249. The molecule has 3 aliphatic carbocycles. The first-order chi connectivity index (χ1) is 7.69. The molecule has 4 unspecified atom stereocenters. The van der Waals surface area contributed by atoms with Crippen LogP contribution in [0.15, 0.2) is 0 Å². The summed E-state index contributed by atoms with van der Waals surface area (Å²) < 4.78 is 5.86. The zero-order chi connectivity index (χ0) is 13.0. The van der Waals surface area contributed by atoms with Gasteiger partial charge in [-0.1, -0.05) is 48.0 Å². The summed E-state index contributed by atoms with van der Waals surface area (Å²) in [5.41, 5.74) is 0.589. The minimum atomic E-state index is 0.265. The Morgan fingerprint density at radius 3 is 2.12 bits per heavy atom. The molecule has 4 atom stereocenters. The van der Waals surface area contributed by atoms with Gasteiger partial charge in [-0.05, 0) is 40.7 Å². The van der Waals surface area contributed by atoms with E-state index in [4.69, 9.17) is 4.65 Å². The molecule has 3 aliphatic rings. The predicted molar refractivity (Wildman–Crippen MR) is 75.4 cm³/mol. The van der Waals surface area contributed by atoms with Gasteiger partial charge in [-0.25, -0.2) is 0 Å². The van der Waals surface area contributed by atoms with Crippen molar-refractivity contribution in [2.45, 2.75) is 65.5 Å². The van der Waals surface area contributed by atoms with Gasteiger partial charge in [0.05, 0.1) is 0 Å². The summed E-state index contributed by atoms with van der Waals surface area (Å²) in [6.07, 6.45) is 2.84. The van der Waals surface area contributed by atoms with Gasteiger partial charge < -0.3 is 4.65 Å². The Labute approximate surface area is 108 Å². The molecule has 17 heavy (non-hydrogen) atoms. The van der Waals surface area contributed by atoms with Crippen molar-refractivity contribution in [3.63, 3.8) is 0 Å². The molecule has 0 saturated heterocycles. The van der Waals surface area contributed by atoms with Crippen LogP contribution in [0.5, 0.6) is 0 Å². The van der Waals surface area contributed by atoms with Gasteiger partial charge in [0.15, 0.2) is 0 Å². The van der Waals surface area contributed by atoms with E-state index >= 15 is 0 Å². The summed E-state index contributed by atoms with van der Waals surface area (Å²) in [6, 6.07) is 0. The van der Waals surface area contributed by atoms with Gasteiger partial charge in [-0.3, -0.25) is 0 Å². The van der Waals surface area contributed by atoms with Crippen LogP contribution in [0.25, 0.3) is 0 Å². The maximum atomic E-state index is 5.86. The Morgan fingerprint density at radius 1 is 1.18 bits per heavy atom. The van der Waals surface area contributed by atoms with Crippen molar-refractivity contribution in [2.24, 2.45) is 23.2 Å². The highest BCUT2D eigenvalue weighted by atomic mass is 16.4. The maximum Gasteiger partial charge on any atom is 0.301 e. The van der Waals surface area contributed by atoms with Crippen LogP contribution in [0.2, 0.25) is 11.1 Å². The van der Waals surface area contributed by atoms with Crippen LogP contribution in [-0.2, 0) is 4.65 Å². The van der Waals surface area contributed by atoms with Gasteiger partial charge in [0.1, 0.15) is 0 Å². The van der Waals surface area contributed by atoms with Crippen molar-refractivity contribution in [1.82, 2.24) is 0 Å². The monoisotopic (exact) mass is 236 g/mol. The minimum absolute atomic E-state index is 0.265. The second-order valence-corrected chi connectivity index (χ2v) is 8.14. The highest BCUT2D eigenvalue weighted by molar-refractivity contribution is 6.57. The van der Waals surface area contributed by atoms with Crippen LogP contribution >= 0.6 is 0 Å². The topological polar surface area (TPSA) is 9.23 Å². The standard InChI is InChI=1S/C15H29BO/c1-10-12-8-11(15(12,5)6)9-13(10)16(17-7)14(2,3)4/h10-13H,8-9H2,1-7H3. The molecule has 0 spiro atoms. The lowest BCUT2D eigenvalue weighted by Gasteiger charge is -2.63. The fraction of sp³-hybridized carbons (Fsp3) is 1.00. The molecule has 0 radical (unpaired) electrons. The molecule has 2 heteroatoms. The van der Waals surface area contributed by atoms with Gasteiger partial charge in [-0.2, -0.15) is 0 Å². The van der Waals surface area contributed by atoms with Gasteiger partial charge >= 0.3 is 6.92 Å². The number of rotatable bonds is 2. The molecule has 0 N–H and O–H groups in total. The molecule has 0 heterocycles. The van der Waals surface area contributed by atoms with Gasteiger partial charge in [0.25, 0.3) is 0 Å². The van der Waals surface area contributed by atoms with E-state index in [1.54, 1.807) is 0 Å². The van der Waals surface area contributed by atoms with Gasteiger partial charge in [0, 0.05) is 7.11 Å². The third kappa shape index (κ3) is 1.97. The first kappa shape index (κ1) is 13.5. The lowest BCUT2D eigenvalue weighted by molar-refractivity contribution is -0.101. The predicted octanol–water partition coefficient (Wildman–Crippen LogP) is 4.50. The molecular formula is C15H29BO. The second-order valence-electron chi connectivity index (χ2n) is 8.14. The molecule has 98 valence electrons. The van der Waals surface area contributed by atoms with Crippen molar-refractivity contribution in [1.29, 1.82) is 0 Å². The second kappa shape index (κ2) is 4.01. The lowest BCUT2D eigenvalue weighted by atomic mass is 9.30. The number of hydrogen-bond acceptors (Lipinski definition) is 1. The molecule has 3 saturated carbocycles. The van der Waals surface area contributed by atoms with Crippen molar-refractivity contribution in [2.75, 3.05) is 7.11 Å². The molecule has 1 nitrogen and oxygen atoms in total. The molecule has 0 aromatic carbocycles. The Kier molecular flexibility index (Phi) is 3.18. The average molecular weight is 236 g/mol. The van der Waals surface area contributed by atoms with Crippen LogP contribution in [0, 0.1) is 23.2 Å².